The summed E-state index contributed by atoms with van der Waals surface area (Å²) in [6.45, 7) is 2.20. The molecule has 0 amide bonds. The van der Waals surface area contributed by atoms with Crippen molar-refractivity contribution >= 4 is 5.97 Å². The van der Waals surface area contributed by atoms with Gasteiger partial charge in [0.2, 0.25) is 0 Å². The van der Waals surface area contributed by atoms with Gasteiger partial charge < -0.3 is 9.84 Å². The molecule has 3 nitrogen and oxygen atoms in total. The molecule has 0 saturated carbocycles. The van der Waals surface area contributed by atoms with Gasteiger partial charge in [0.15, 0.2) is 6.10 Å². The van der Waals surface area contributed by atoms with Crippen LogP contribution in [-0.4, -0.2) is 23.3 Å². The smallest absolute Gasteiger partial charge is 0.339 e. The second-order valence-corrected chi connectivity index (χ2v) is 3.98. The minimum atomic E-state index is -0.842. The SMILES string of the molecule is CCCCCCCCC1OC(=O)[C@H]1O. The zero-order valence-electron chi connectivity index (χ0n) is 8.87. The summed E-state index contributed by atoms with van der Waals surface area (Å²) < 4.78 is 4.79. The van der Waals surface area contributed by atoms with Gasteiger partial charge in [0.05, 0.1) is 0 Å². The van der Waals surface area contributed by atoms with Crippen molar-refractivity contribution in [3.63, 3.8) is 0 Å². The molecule has 1 rings (SSSR count). The summed E-state index contributed by atoms with van der Waals surface area (Å²) in [5.74, 6) is -0.457. The average Bonchev–Trinajstić information content (AvgIpc) is 2.21. The fourth-order valence-electron chi connectivity index (χ4n) is 1.71. The first-order valence-corrected chi connectivity index (χ1v) is 5.64. The van der Waals surface area contributed by atoms with Gasteiger partial charge in [-0.05, 0) is 12.8 Å². The van der Waals surface area contributed by atoms with E-state index in [2.05, 4.69) is 6.92 Å². The number of carbonyl (C=O) groups is 1. The van der Waals surface area contributed by atoms with Gasteiger partial charge in [-0.1, -0.05) is 39.0 Å². The van der Waals surface area contributed by atoms with Crippen LogP contribution < -0.4 is 0 Å². The number of rotatable bonds is 7. The standard InChI is InChI=1S/C11H20O3/c1-2-3-4-5-6-7-8-9-10(12)11(13)14-9/h9-10,12H,2-8H2,1H3/t9?,10-/m0/s1. The van der Waals surface area contributed by atoms with Crippen LogP contribution in [0.3, 0.4) is 0 Å². The Morgan fingerprint density at radius 3 is 2.43 bits per heavy atom. The first-order chi connectivity index (χ1) is 6.75. The fourth-order valence-corrected chi connectivity index (χ4v) is 1.71. The monoisotopic (exact) mass is 200 g/mol. The van der Waals surface area contributed by atoms with Gasteiger partial charge in [-0.15, -0.1) is 0 Å². The summed E-state index contributed by atoms with van der Waals surface area (Å²) in [5.41, 5.74) is 0. The molecule has 3 heteroatoms. The molecule has 1 aliphatic rings. The molecule has 0 spiro atoms. The summed E-state index contributed by atoms with van der Waals surface area (Å²) in [5, 5.41) is 9.14. The predicted molar refractivity (Wildman–Crippen MR) is 53.9 cm³/mol. The molecule has 14 heavy (non-hydrogen) atoms. The number of hydrogen-bond donors (Lipinski definition) is 1. The van der Waals surface area contributed by atoms with E-state index in [4.69, 9.17) is 9.84 Å². The number of carbonyl (C=O) groups excluding carboxylic acids is 1. The Balaban J connectivity index is 1.87. The van der Waals surface area contributed by atoms with E-state index >= 15 is 0 Å². The molecule has 0 aromatic carbocycles. The van der Waals surface area contributed by atoms with Crippen molar-refractivity contribution in [2.45, 2.75) is 64.1 Å². The van der Waals surface area contributed by atoms with Gasteiger partial charge in [-0.25, -0.2) is 4.79 Å². The summed E-state index contributed by atoms with van der Waals surface area (Å²) >= 11 is 0. The van der Waals surface area contributed by atoms with Crippen molar-refractivity contribution in [2.75, 3.05) is 0 Å². The van der Waals surface area contributed by atoms with E-state index in [0.717, 1.165) is 12.8 Å². The highest BCUT2D eigenvalue weighted by atomic mass is 16.6. The predicted octanol–water partition coefficient (Wildman–Crippen LogP) is 2.02. The lowest BCUT2D eigenvalue weighted by Gasteiger charge is -2.31. The van der Waals surface area contributed by atoms with Gasteiger partial charge in [0.25, 0.3) is 0 Å². The number of hydrogen-bond acceptors (Lipinski definition) is 3. The third-order valence-corrected chi connectivity index (χ3v) is 2.70. The van der Waals surface area contributed by atoms with Gasteiger partial charge in [-0.2, -0.15) is 0 Å². The molecule has 1 fully saturated rings. The summed E-state index contributed by atoms with van der Waals surface area (Å²) in [4.78, 5) is 10.5. The second-order valence-electron chi connectivity index (χ2n) is 3.98. The van der Waals surface area contributed by atoms with Crippen LogP contribution in [0.5, 0.6) is 0 Å². The lowest BCUT2D eigenvalue weighted by atomic mass is 10.0. The highest BCUT2D eigenvalue weighted by Gasteiger charge is 2.39. The Labute approximate surface area is 85.5 Å². The molecule has 0 bridgehead atoms. The Morgan fingerprint density at radius 2 is 1.86 bits per heavy atom. The van der Waals surface area contributed by atoms with Gasteiger partial charge in [0.1, 0.15) is 6.10 Å². The molecular weight excluding hydrogens is 180 g/mol. The first-order valence-electron chi connectivity index (χ1n) is 5.64. The number of ether oxygens (including phenoxy) is 1. The molecule has 82 valence electrons. The third kappa shape index (κ3) is 3.29. The normalized spacial score (nSPS) is 25.7. The summed E-state index contributed by atoms with van der Waals surface area (Å²) in [6, 6.07) is 0. The van der Waals surface area contributed by atoms with Crippen LogP contribution in [-0.2, 0) is 9.53 Å². The van der Waals surface area contributed by atoms with Crippen LogP contribution in [0.1, 0.15) is 51.9 Å². The maximum Gasteiger partial charge on any atom is 0.339 e. The lowest BCUT2D eigenvalue weighted by molar-refractivity contribution is -0.198. The van der Waals surface area contributed by atoms with Crippen molar-refractivity contribution in [1.29, 1.82) is 0 Å². The van der Waals surface area contributed by atoms with Gasteiger partial charge in [-0.3, -0.25) is 0 Å². The molecule has 0 aliphatic carbocycles. The van der Waals surface area contributed by atoms with E-state index in [1.807, 2.05) is 0 Å². The van der Waals surface area contributed by atoms with Crippen molar-refractivity contribution in [1.82, 2.24) is 0 Å². The molecule has 1 heterocycles. The fraction of sp³-hybridized carbons (Fsp3) is 0.909. The van der Waals surface area contributed by atoms with Crippen molar-refractivity contribution < 1.29 is 14.6 Å². The Morgan fingerprint density at radius 1 is 1.21 bits per heavy atom. The number of aliphatic hydroxyl groups excluding tert-OH is 1. The number of cyclic esters (lactones) is 1. The number of unbranched alkanes of at least 4 members (excludes halogenated alkanes) is 5. The van der Waals surface area contributed by atoms with Crippen LogP contribution in [0.2, 0.25) is 0 Å². The summed E-state index contributed by atoms with van der Waals surface area (Å²) in [6.07, 6.45) is 7.12. The molecule has 0 aromatic rings. The minimum Gasteiger partial charge on any atom is -0.457 e. The van der Waals surface area contributed by atoms with E-state index in [-0.39, 0.29) is 6.10 Å². The van der Waals surface area contributed by atoms with E-state index in [1.54, 1.807) is 0 Å². The van der Waals surface area contributed by atoms with Crippen LogP contribution >= 0.6 is 0 Å². The largest absolute Gasteiger partial charge is 0.457 e. The van der Waals surface area contributed by atoms with E-state index in [9.17, 15) is 4.79 Å². The topological polar surface area (TPSA) is 46.5 Å². The zero-order valence-corrected chi connectivity index (χ0v) is 8.87. The molecular formula is C11H20O3. The molecule has 1 aliphatic heterocycles. The lowest BCUT2D eigenvalue weighted by Crippen LogP contribution is -2.49. The third-order valence-electron chi connectivity index (χ3n) is 2.70. The molecule has 0 aromatic heterocycles. The average molecular weight is 200 g/mol. The van der Waals surface area contributed by atoms with Crippen molar-refractivity contribution in [3.8, 4) is 0 Å². The summed E-state index contributed by atoms with van der Waals surface area (Å²) in [7, 11) is 0. The highest BCUT2D eigenvalue weighted by Crippen LogP contribution is 2.20. The van der Waals surface area contributed by atoms with E-state index < -0.39 is 12.1 Å². The van der Waals surface area contributed by atoms with E-state index in [1.165, 1.54) is 32.1 Å². The first kappa shape index (κ1) is 11.5. The highest BCUT2D eigenvalue weighted by molar-refractivity contribution is 5.80. The van der Waals surface area contributed by atoms with Gasteiger partial charge in [0, 0.05) is 0 Å². The minimum absolute atomic E-state index is 0.214. The number of aliphatic hydroxyl groups is 1. The Hall–Kier alpha value is -0.570. The maximum absolute atomic E-state index is 10.5. The van der Waals surface area contributed by atoms with E-state index in [0.29, 0.717) is 0 Å². The van der Waals surface area contributed by atoms with Crippen molar-refractivity contribution in [3.05, 3.63) is 0 Å². The Bertz CT molecular complexity index is 179. The van der Waals surface area contributed by atoms with Crippen LogP contribution in [0.4, 0.5) is 0 Å². The quantitative estimate of drug-likeness (QED) is 0.505. The van der Waals surface area contributed by atoms with Crippen molar-refractivity contribution in [2.24, 2.45) is 0 Å². The molecule has 1 N–H and O–H groups in total. The molecule has 1 unspecified atom stereocenters. The zero-order chi connectivity index (χ0) is 10.4. The molecule has 1 saturated heterocycles. The second kappa shape index (κ2) is 6.02. The van der Waals surface area contributed by atoms with Gasteiger partial charge >= 0.3 is 5.97 Å². The van der Waals surface area contributed by atoms with Crippen LogP contribution in [0, 0.1) is 0 Å². The van der Waals surface area contributed by atoms with Crippen LogP contribution in [0.15, 0.2) is 0 Å². The van der Waals surface area contributed by atoms with Crippen LogP contribution in [0.25, 0.3) is 0 Å². The number of esters is 1. The molecule has 0 radical (unpaired) electrons. The molecule has 2 atom stereocenters. The Kier molecular flexibility index (Phi) is 4.94. The maximum atomic E-state index is 10.5.